The number of thiophene rings is 10. The first-order valence-corrected chi connectivity index (χ1v) is 40.0. The predicted octanol–water partition coefficient (Wildman–Crippen LogP) is 28.2. The number of allylic oxidation sites excluding steroid dienone is 2. The molecule has 3 nitrogen and oxygen atoms in total. The number of fused-ring (bicyclic) bond motifs is 5. The molecule has 0 radical (unpaired) electrons. The van der Waals surface area contributed by atoms with Crippen LogP contribution in [0.2, 0.25) is 0 Å². The molecule has 11 heterocycles. The van der Waals surface area contributed by atoms with E-state index in [1.165, 1.54) is 131 Å². The van der Waals surface area contributed by atoms with E-state index >= 15 is 17.6 Å². The van der Waals surface area contributed by atoms with Crippen molar-refractivity contribution in [1.29, 1.82) is 0 Å². The number of alkyl halides is 6. The lowest BCUT2D eigenvalue weighted by molar-refractivity contribution is -0.254. The van der Waals surface area contributed by atoms with E-state index < -0.39 is 40.9 Å². The first kappa shape index (κ1) is 68.1. The molecule has 10 aromatic heterocycles. The lowest BCUT2D eigenvalue weighted by Crippen LogP contribution is -2.48. The van der Waals surface area contributed by atoms with E-state index in [4.69, 9.17) is 4.74 Å². The van der Waals surface area contributed by atoms with Crippen molar-refractivity contribution in [2.24, 2.45) is 0 Å². The largest absolute Gasteiger partial charge is 0.386 e. The maximum Gasteiger partial charge on any atom is 0.380 e. The number of carbonyl (C=O) groups is 2. The molecule has 0 bridgehead atoms. The van der Waals surface area contributed by atoms with Gasteiger partial charge in [-0.25, -0.2) is 9.59 Å². The third-order valence-electron chi connectivity index (χ3n) is 18.2. The Morgan fingerprint density at radius 1 is 0.280 bits per heavy atom. The van der Waals surface area contributed by atoms with Crippen LogP contribution >= 0.6 is 113 Å². The molecule has 100 heavy (non-hydrogen) atoms. The molecule has 0 saturated heterocycles. The fraction of sp³-hybridized carbons (Fsp3) is 0.160. The first-order valence-electron chi connectivity index (χ1n) is 31.8. The smallest absolute Gasteiger partial charge is 0.380 e. The number of esters is 2. The van der Waals surface area contributed by atoms with Gasteiger partial charge in [0, 0.05) is 130 Å². The van der Waals surface area contributed by atoms with Crippen molar-refractivity contribution in [2.75, 3.05) is 0 Å². The molecule has 17 rings (SSSR count). The Hall–Kier alpha value is -7.66. The fourth-order valence-electron chi connectivity index (χ4n) is 13.6. The quantitative estimate of drug-likeness (QED) is 0.0593. The number of hydrogen-bond acceptors (Lipinski definition) is 13. The molecular weight excluding hydrogens is 1460 g/mol. The minimum absolute atomic E-state index is 0.257. The Balaban J connectivity index is 0.000000124. The van der Waals surface area contributed by atoms with E-state index in [9.17, 15) is 18.4 Å². The molecule has 1 aliphatic carbocycles. The minimum Gasteiger partial charge on any atom is -0.386 e. The second-order valence-electron chi connectivity index (χ2n) is 24.8. The normalized spacial score (nSPS) is 14.9. The number of ether oxygens (including phenoxy) is 1. The van der Waals surface area contributed by atoms with Crippen LogP contribution in [-0.4, -0.2) is 29.7 Å². The summed E-state index contributed by atoms with van der Waals surface area (Å²) in [5, 5.41) is 7.27. The van der Waals surface area contributed by atoms with Crippen molar-refractivity contribution in [3.8, 4) is 61.3 Å². The zero-order valence-electron chi connectivity index (χ0n) is 55.2. The van der Waals surface area contributed by atoms with Crippen molar-refractivity contribution in [2.45, 2.75) is 87.0 Å². The minimum atomic E-state index is -5.56. The average molecular weight is 1510 g/mol. The molecule has 0 saturated carbocycles. The summed E-state index contributed by atoms with van der Waals surface area (Å²) in [5.74, 6) is -16.8. The van der Waals surface area contributed by atoms with E-state index in [1.54, 1.807) is 34.8 Å². The monoisotopic (exact) mass is 1510 g/mol. The third-order valence-corrected chi connectivity index (χ3v) is 29.3. The SMILES string of the molecule is Cc1ccc(-c2cc(-c3c(-c4cc(-c5ccc(C)s5)sc4C)c4ccccc4c4ccccc34)c(C)s2)s1.Cc1ccc(-c2cc(C3=C(c4cc(-c5ccc(C)s5)sc4C)C(F)(F)C(F)(F)C3(F)F)c(C)s2)s1.Cc1sc2ccccc2c1C1=C(c2c(C)sc3ccccc23)C(=O)OC1=O. The van der Waals surface area contributed by atoms with E-state index in [-0.39, 0.29) is 20.9 Å². The number of hydrogen-bond donors (Lipinski definition) is 0. The van der Waals surface area contributed by atoms with E-state index in [2.05, 4.69) is 113 Å². The molecule has 0 amide bonds. The zero-order chi connectivity index (χ0) is 70.2. The molecule has 15 aromatic rings. The van der Waals surface area contributed by atoms with Crippen LogP contribution in [0, 0.1) is 69.2 Å². The van der Waals surface area contributed by atoms with Gasteiger partial charge >= 0.3 is 29.7 Å². The highest BCUT2D eigenvalue weighted by Crippen LogP contribution is 2.66. The predicted molar refractivity (Wildman–Crippen MR) is 421 cm³/mol. The van der Waals surface area contributed by atoms with Crippen molar-refractivity contribution >= 4 is 189 Å². The van der Waals surface area contributed by atoms with Crippen molar-refractivity contribution in [3.63, 3.8) is 0 Å². The van der Waals surface area contributed by atoms with Crippen molar-refractivity contribution < 1.29 is 40.7 Å². The van der Waals surface area contributed by atoms with Gasteiger partial charge in [-0.2, -0.15) is 26.3 Å². The Morgan fingerprint density at radius 3 is 0.870 bits per heavy atom. The van der Waals surface area contributed by atoms with Gasteiger partial charge in [0.1, 0.15) is 0 Å². The van der Waals surface area contributed by atoms with Crippen LogP contribution < -0.4 is 0 Å². The fourth-order valence-corrected chi connectivity index (χ4v) is 23.7. The third kappa shape index (κ3) is 11.5. The summed E-state index contributed by atoms with van der Waals surface area (Å²) < 4.78 is 98.0. The average Bonchev–Trinajstić information content (AvgIpc) is 1.53. The molecule has 0 atom stereocenters. The number of aryl methyl sites for hydroxylation is 10. The zero-order valence-corrected chi connectivity index (χ0v) is 63.4. The molecule has 5 aromatic carbocycles. The van der Waals surface area contributed by atoms with Crippen molar-refractivity contribution in [3.05, 3.63) is 241 Å². The number of rotatable bonds is 10. The number of carbonyl (C=O) groups excluding carboxylic acids is 2. The Bertz CT molecular complexity index is 5540. The summed E-state index contributed by atoms with van der Waals surface area (Å²) in [7, 11) is 0. The van der Waals surface area contributed by atoms with Crippen LogP contribution in [-0.2, 0) is 14.3 Å². The van der Waals surface area contributed by atoms with Gasteiger partial charge in [-0.1, -0.05) is 84.9 Å². The van der Waals surface area contributed by atoms with Gasteiger partial charge in [-0.05, 0) is 209 Å². The van der Waals surface area contributed by atoms with Crippen LogP contribution in [0.5, 0.6) is 0 Å². The highest BCUT2D eigenvalue weighted by molar-refractivity contribution is 7.24. The summed E-state index contributed by atoms with van der Waals surface area (Å²) >= 11 is 16.0. The Labute approximate surface area is 613 Å². The van der Waals surface area contributed by atoms with Gasteiger partial charge in [0.25, 0.3) is 0 Å². The van der Waals surface area contributed by atoms with Gasteiger partial charge in [0.05, 0.1) is 11.1 Å². The standard InChI is InChI=1S/C34H26S4.C25H18F6S4.C22H14O3S2/c1-19-13-15-29(35-19)31-17-27(21(3)37-31)33-25-11-7-5-9-23(25)24-10-6-8-12-26(24)34(33)28-18-32(38-22(28)4)30-16-14-20(2)36-30;1-11-5-7-17(32-11)19-9-15(13(3)34-19)21-22(24(28,29)25(30,31)23(21,26)27)16-10-20(35-14(16)4)18-8-6-12(2)33-18;1-11-17(13-7-3-5-9-15(13)26-11)19-20(22(24)25-21(19)23)18-12(2)27-16-10-6-4-8-14(16)18/h5-18H,1-4H3;5-10H,1-4H3;3-10H,1-2H3. The van der Waals surface area contributed by atoms with Gasteiger partial charge in [0.2, 0.25) is 0 Å². The van der Waals surface area contributed by atoms with E-state index in [1.807, 2.05) is 134 Å². The van der Waals surface area contributed by atoms with Crippen molar-refractivity contribution in [1.82, 2.24) is 0 Å². The van der Waals surface area contributed by atoms with Crippen LogP contribution in [0.4, 0.5) is 26.3 Å². The van der Waals surface area contributed by atoms with Gasteiger partial charge in [-0.15, -0.1) is 113 Å². The molecule has 0 unspecified atom stereocenters. The molecule has 1 aliphatic heterocycles. The summed E-state index contributed by atoms with van der Waals surface area (Å²) in [6.45, 7) is 19.7. The maximum absolute atomic E-state index is 15.3. The van der Waals surface area contributed by atoms with E-state index in [0.717, 1.165) is 83.2 Å². The molecular formula is C81H58F6O3S10. The summed E-state index contributed by atoms with van der Waals surface area (Å²) in [6.07, 6.45) is 0. The van der Waals surface area contributed by atoms with Crippen LogP contribution in [0.25, 0.3) is 125 Å². The van der Waals surface area contributed by atoms with Gasteiger partial charge < -0.3 is 4.74 Å². The Morgan fingerprint density at radius 2 is 0.560 bits per heavy atom. The number of benzene rings is 5. The van der Waals surface area contributed by atoms with Gasteiger partial charge in [0.15, 0.2) is 0 Å². The summed E-state index contributed by atoms with van der Waals surface area (Å²) in [6, 6.07) is 57.7. The second-order valence-corrected chi connectivity index (χ2v) is 37.5. The number of cyclic esters (lactones) is 2. The van der Waals surface area contributed by atoms with E-state index in [0.29, 0.717) is 20.9 Å². The topological polar surface area (TPSA) is 43.4 Å². The molecule has 0 spiro atoms. The van der Waals surface area contributed by atoms with Crippen LogP contribution in [0.15, 0.2) is 170 Å². The molecule has 0 fully saturated rings. The molecule has 2 aliphatic rings. The van der Waals surface area contributed by atoms with Crippen LogP contribution in [0.3, 0.4) is 0 Å². The summed E-state index contributed by atoms with van der Waals surface area (Å²) in [5.41, 5.74) is 4.77. The Kier molecular flexibility index (Phi) is 17.7. The second kappa shape index (κ2) is 26.0. The molecule has 19 heteroatoms. The molecule has 0 N–H and O–H groups in total. The maximum atomic E-state index is 15.3. The number of halogens is 6. The first-order chi connectivity index (χ1) is 47.8. The molecule has 502 valence electrons. The highest BCUT2D eigenvalue weighted by Gasteiger charge is 2.80. The summed E-state index contributed by atoms with van der Waals surface area (Å²) in [4.78, 5) is 43.6. The van der Waals surface area contributed by atoms with Crippen LogP contribution in [0.1, 0.15) is 71.0 Å². The highest BCUT2D eigenvalue weighted by atomic mass is 32.1. The lowest BCUT2D eigenvalue weighted by atomic mass is 9.85. The lowest BCUT2D eigenvalue weighted by Gasteiger charge is -2.25. The van der Waals surface area contributed by atoms with Gasteiger partial charge in [-0.3, -0.25) is 0 Å².